The van der Waals surface area contributed by atoms with E-state index < -0.39 is 12.7 Å². The number of nitrogens with zero attached hydrogens (tertiary/aromatic N) is 5. The van der Waals surface area contributed by atoms with Crippen LogP contribution in [0.4, 0.5) is 13.2 Å². The summed E-state index contributed by atoms with van der Waals surface area (Å²) in [6, 6.07) is 3.78. The Morgan fingerprint density at radius 3 is 2.38 bits per heavy atom. The first kappa shape index (κ1) is 22.4. The molecule has 0 aromatic carbocycles. The summed E-state index contributed by atoms with van der Waals surface area (Å²) in [5.41, 5.74) is 5.11. The third kappa shape index (κ3) is 4.40. The molecule has 0 saturated carbocycles. The van der Waals surface area contributed by atoms with Gasteiger partial charge in [-0.3, -0.25) is 14.6 Å². The van der Waals surface area contributed by atoms with Gasteiger partial charge in [-0.25, -0.2) is 9.97 Å². The Labute approximate surface area is 184 Å². The number of aldehydes is 1. The first-order chi connectivity index (χ1) is 15.2. The van der Waals surface area contributed by atoms with Gasteiger partial charge in [-0.2, -0.15) is 13.2 Å². The normalized spacial score (nSPS) is 17.1. The van der Waals surface area contributed by atoms with Crippen molar-refractivity contribution < 1.29 is 18.0 Å². The second kappa shape index (κ2) is 8.63. The van der Waals surface area contributed by atoms with Gasteiger partial charge < -0.3 is 4.40 Å². The molecule has 170 valence electrons. The number of aryl methyl sites for hydroxylation is 1. The topological polar surface area (TPSA) is 53.7 Å². The smallest absolute Gasteiger partial charge is 0.318 e. The molecule has 4 rings (SSSR count). The Morgan fingerprint density at radius 2 is 1.78 bits per heavy atom. The summed E-state index contributed by atoms with van der Waals surface area (Å²) >= 11 is 0. The fourth-order valence-corrected chi connectivity index (χ4v) is 4.53. The van der Waals surface area contributed by atoms with Crippen LogP contribution < -0.4 is 0 Å². The van der Waals surface area contributed by atoms with E-state index in [1.54, 1.807) is 12.4 Å². The van der Waals surface area contributed by atoms with Gasteiger partial charge in [-0.1, -0.05) is 0 Å². The molecule has 1 fully saturated rings. The molecule has 1 aliphatic heterocycles. The van der Waals surface area contributed by atoms with Crippen molar-refractivity contribution in [3.63, 3.8) is 0 Å². The highest BCUT2D eigenvalue weighted by molar-refractivity contribution is 5.87. The first-order valence-corrected chi connectivity index (χ1v) is 10.6. The van der Waals surface area contributed by atoms with E-state index in [0.717, 1.165) is 34.2 Å². The van der Waals surface area contributed by atoms with E-state index in [9.17, 15) is 18.0 Å². The second-order valence-electron chi connectivity index (χ2n) is 8.33. The number of piperazine rings is 1. The molecule has 9 heteroatoms. The van der Waals surface area contributed by atoms with Gasteiger partial charge in [-0.15, -0.1) is 0 Å². The van der Waals surface area contributed by atoms with E-state index in [1.165, 1.54) is 4.90 Å². The van der Waals surface area contributed by atoms with E-state index in [0.29, 0.717) is 37.6 Å². The molecular formula is C23H26F3N5O. The highest BCUT2D eigenvalue weighted by Gasteiger charge is 2.33. The fourth-order valence-electron chi connectivity index (χ4n) is 4.53. The highest BCUT2D eigenvalue weighted by atomic mass is 19.4. The summed E-state index contributed by atoms with van der Waals surface area (Å²) in [5.74, 6) is 0.681. The molecule has 3 aromatic rings. The Bertz CT molecular complexity index is 1120. The van der Waals surface area contributed by atoms with Gasteiger partial charge in [0.25, 0.3) is 0 Å². The highest BCUT2D eigenvalue weighted by Crippen LogP contribution is 2.33. The average molecular weight is 445 g/mol. The Balaban J connectivity index is 1.68. The maximum Gasteiger partial charge on any atom is 0.401 e. The van der Waals surface area contributed by atoms with Crippen molar-refractivity contribution in [2.75, 3.05) is 32.7 Å². The van der Waals surface area contributed by atoms with Crippen molar-refractivity contribution in [2.24, 2.45) is 0 Å². The number of carbonyl (C=O) groups excluding carboxylic acids is 1. The summed E-state index contributed by atoms with van der Waals surface area (Å²) in [5, 5.41) is 0. The largest absolute Gasteiger partial charge is 0.401 e. The van der Waals surface area contributed by atoms with Crippen molar-refractivity contribution >= 4 is 11.8 Å². The van der Waals surface area contributed by atoms with Gasteiger partial charge >= 0.3 is 6.18 Å². The second-order valence-corrected chi connectivity index (χ2v) is 8.33. The van der Waals surface area contributed by atoms with E-state index in [2.05, 4.69) is 19.3 Å². The minimum Gasteiger partial charge on any atom is -0.318 e. The monoisotopic (exact) mass is 445 g/mol. The number of fused-ring (bicyclic) bond motifs is 1. The third-order valence-corrected chi connectivity index (χ3v) is 6.27. The lowest BCUT2D eigenvalue weighted by Crippen LogP contribution is -2.49. The van der Waals surface area contributed by atoms with Gasteiger partial charge in [0, 0.05) is 73.2 Å². The van der Waals surface area contributed by atoms with Crippen LogP contribution in [0.15, 0.2) is 30.7 Å². The van der Waals surface area contributed by atoms with Gasteiger partial charge in [0.15, 0.2) is 0 Å². The Kier molecular flexibility index (Phi) is 6.05. The molecule has 3 aromatic heterocycles. The summed E-state index contributed by atoms with van der Waals surface area (Å²) in [6.45, 7) is 6.69. The summed E-state index contributed by atoms with van der Waals surface area (Å²) in [4.78, 5) is 24.0. The molecule has 0 aliphatic carbocycles. The van der Waals surface area contributed by atoms with Gasteiger partial charge in [-0.05, 0) is 38.5 Å². The van der Waals surface area contributed by atoms with E-state index in [1.807, 2.05) is 39.1 Å². The van der Waals surface area contributed by atoms with Crippen LogP contribution in [0, 0.1) is 13.8 Å². The number of pyridine rings is 1. The zero-order valence-corrected chi connectivity index (χ0v) is 18.4. The lowest BCUT2D eigenvalue weighted by Gasteiger charge is -2.39. The van der Waals surface area contributed by atoms with Crippen LogP contribution in [0.2, 0.25) is 0 Å². The molecule has 0 N–H and O–H groups in total. The lowest BCUT2D eigenvalue weighted by molar-refractivity contribution is -0.149. The quantitative estimate of drug-likeness (QED) is 0.555. The number of carbonyl (C=O) groups is 1. The SMILES string of the molecule is Cc1ncc(-c2ccn3c(C(C)N4CCN(CC(F)(F)F)CC4)c(C)c(C=O)cc23)cn1. The molecule has 0 radical (unpaired) electrons. The molecular weight excluding hydrogens is 419 g/mol. The molecule has 0 spiro atoms. The van der Waals surface area contributed by atoms with Gasteiger partial charge in [0.1, 0.15) is 12.1 Å². The summed E-state index contributed by atoms with van der Waals surface area (Å²) < 4.78 is 40.3. The molecule has 0 amide bonds. The maximum atomic E-state index is 12.7. The number of halogens is 3. The molecule has 4 heterocycles. The van der Waals surface area contributed by atoms with Crippen LogP contribution in [0.3, 0.4) is 0 Å². The van der Waals surface area contributed by atoms with Crippen LogP contribution in [0.25, 0.3) is 16.6 Å². The van der Waals surface area contributed by atoms with Crippen molar-refractivity contribution in [1.29, 1.82) is 0 Å². The zero-order chi connectivity index (χ0) is 23.0. The lowest BCUT2D eigenvalue weighted by atomic mass is 10.0. The van der Waals surface area contributed by atoms with Crippen molar-refractivity contribution in [3.05, 3.63) is 53.4 Å². The number of alkyl halides is 3. The van der Waals surface area contributed by atoms with E-state index in [4.69, 9.17) is 0 Å². The predicted molar refractivity (Wildman–Crippen MR) is 116 cm³/mol. The Hall–Kier alpha value is -2.78. The number of aromatic nitrogens is 3. The molecule has 32 heavy (non-hydrogen) atoms. The number of rotatable bonds is 5. The summed E-state index contributed by atoms with van der Waals surface area (Å²) in [7, 11) is 0. The van der Waals surface area contributed by atoms with Gasteiger partial charge in [0.2, 0.25) is 0 Å². The number of hydrogen-bond acceptors (Lipinski definition) is 5. The molecule has 0 bridgehead atoms. The van der Waals surface area contributed by atoms with Crippen molar-refractivity contribution in [3.8, 4) is 11.1 Å². The average Bonchev–Trinajstić information content (AvgIpc) is 3.16. The van der Waals surface area contributed by atoms with Crippen LogP contribution in [0.5, 0.6) is 0 Å². The van der Waals surface area contributed by atoms with E-state index >= 15 is 0 Å². The Morgan fingerprint density at radius 1 is 1.12 bits per heavy atom. The maximum absolute atomic E-state index is 12.7. The van der Waals surface area contributed by atoms with Crippen LogP contribution in [-0.2, 0) is 0 Å². The van der Waals surface area contributed by atoms with Crippen molar-refractivity contribution in [2.45, 2.75) is 33.0 Å². The van der Waals surface area contributed by atoms with Crippen LogP contribution in [0.1, 0.15) is 40.4 Å². The minimum atomic E-state index is -4.18. The zero-order valence-electron chi connectivity index (χ0n) is 18.4. The molecule has 1 unspecified atom stereocenters. The molecule has 1 aliphatic rings. The minimum absolute atomic E-state index is 0.0695. The summed E-state index contributed by atoms with van der Waals surface area (Å²) in [6.07, 6.45) is 2.17. The fraction of sp³-hybridized carbons (Fsp3) is 0.435. The first-order valence-electron chi connectivity index (χ1n) is 10.6. The van der Waals surface area contributed by atoms with Crippen molar-refractivity contribution in [1.82, 2.24) is 24.2 Å². The van der Waals surface area contributed by atoms with Crippen LogP contribution >= 0.6 is 0 Å². The molecule has 1 atom stereocenters. The predicted octanol–water partition coefficient (Wildman–Crippen LogP) is 4.07. The molecule has 6 nitrogen and oxygen atoms in total. The number of hydrogen-bond donors (Lipinski definition) is 0. The van der Waals surface area contributed by atoms with Gasteiger partial charge in [0.05, 0.1) is 12.1 Å². The standard InChI is InChI=1S/C23H26F3N5O/c1-15-18(13-32)10-21-20(19-11-27-17(3)28-12-19)4-5-31(21)22(15)16(2)30-8-6-29(7-9-30)14-23(24,25)26/h4-5,10-13,16H,6-9,14H2,1-3H3. The third-order valence-electron chi connectivity index (χ3n) is 6.27. The van der Waals surface area contributed by atoms with Crippen LogP contribution in [-0.4, -0.2) is 69.4 Å². The molecule has 1 saturated heterocycles. The van der Waals surface area contributed by atoms with E-state index in [-0.39, 0.29) is 6.04 Å².